The third-order valence-electron chi connectivity index (χ3n) is 5.61. The van der Waals surface area contributed by atoms with Gasteiger partial charge in [-0.3, -0.25) is 9.59 Å². The lowest BCUT2D eigenvalue weighted by Crippen LogP contribution is -2.40. The van der Waals surface area contributed by atoms with Crippen LogP contribution in [0.1, 0.15) is 31.4 Å². The summed E-state index contributed by atoms with van der Waals surface area (Å²) in [4.78, 5) is 24.0. The number of aryl methyl sites for hydroxylation is 1. The van der Waals surface area contributed by atoms with Crippen LogP contribution in [0.15, 0.2) is 94.9 Å². The van der Waals surface area contributed by atoms with E-state index >= 15 is 0 Å². The Morgan fingerprint density at radius 3 is 1.95 bits per heavy atom. The molecule has 9 heteroatoms. The van der Waals surface area contributed by atoms with Crippen molar-refractivity contribution in [3.8, 4) is 0 Å². The van der Waals surface area contributed by atoms with E-state index in [0.717, 1.165) is 22.0 Å². The lowest BCUT2D eigenvalue weighted by Gasteiger charge is -2.21. The predicted molar refractivity (Wildman–Crippen MR) is 146 cm³/mol. The van der Waals surface area contributed by atoms with Gasteiger partial charge in [-0.15, -0.1) is 0 Å². The zero-order chi connectivity index (χ0) is 26.7. The SMILES string of the molecule is CC(=O)Nc1ccc(S(=O)(=O)N(CCc2ccccc2)CC(=O)N/N=C(\C)CCc2ccccc2)cc1. The fraction of sp³-hybridized carbons (Fsp3) is 0.250. The minimum atomic E-state index is -3.98. The summed E-state index contributed by atoms with van der Waals surface area (Å²) in [7, 11) is -3.98. The number of hydrazone groups is 1. The number of sulfonamides is 1. The molecule has 2 N–H and O–H groups in total. The molecule has 0 aliphatic heterocycles. The molecule has 0 aliphatic carbocycles. The topological polar surface area (TPSA) is 108 Å². The summed E-state index contributed by atoms with van der Waals surface area (Å²) in [6, 6.07) is 25.3. The van der Waals surface area contributed by atoms with Crippen molar-refractivity contribution in [2.75, 3.05) is 18.4 Å². The summed E-state index contributed by atoms with van der Waals surface area (Å²) in [6.07, 6.45) is 1.90. The fourth-order valence-electron chi connectivity index (χ4n) is 3.62. The Morgan fingerprint density at radius 2 is 1.38 bits per heavy atom. The summed E-state index contributed by atoms with van der Waals surface area (Å²) in [5.41, 5.74) is 5.85. The van der Waals surface area contributed by atoms with Gasteiger partial charge >= 0.3 is 0 Å². The van der Waals surface area contributed by atoms with Gasteiger partial charge in [0, 0.05) is 24.9 Å². The van der Waals surface area contributed by atoms with Crippen LogP contribution in [0.5, 0.6) is 0 Å². The van der Waals surface area contributed by atoms with Crippen LogP contribution in [-0.2, 0) is 32.5 Å². The standard InChI is InChI=1S/C28H32N4O4S/c1-22(13-14-24-9-5-3-6-10-24)30-31-28(34)21-32(20-19-25-11-7-4-8-12-25)37(35,36)27-17-15-26(16-18-27)29-23(2)33/h3-12,15-18H,13-14,19-21H2,1-2H3,(H,29,33)(H,31,34)/b30-22+. The Balaban J connectivity index is 1.69. The predicted octanol–water partition coefficient (Wildman–Crippen LogP) is 4.00. The number of anilines is 1. The van der Waals surface area contributed by atoms with Gasteiger partial charge in [0.05, 0.1) is 11.4 Å². The number of nitrogens with one attached hydrogen (secondary N) is 2. The number of nitrogens with zero attached hydrogens (tertiary/aromatic N) is 2. The maximum atomic E-state index is 13.4. The molecule has 0 bridgehead atoms. The Kier molecular flexibility index (Phi) is 10.1. The zero-order valence-corrected chi connectivity index (χ0v) is 21.9. The van der Waals surface area contributed by atoms with Gasteiger partial charge in [-0.1, -0.05) is 60.7 Å². The molecule has 3 aromatic rings. The van der Waals surface area contributed by atoms with Crippen LogP contribution in [0.25, 0.3) is 0 Å². The van der Waals surface area contributed by atoms with Crippen LogP contribution in [0, 0.1) is 0 Å². The fourth-order valence-corrected chi connectivity index (χ4v) is 5.02. The first-order chi connectivity index (χ1) is 17.7. The maximum Gasteiger partial charge on any atom is 0.255 e. The number of carbonyl (C=O) groups excluding carboxylic acids is 2. The first-order valence-corrected chi connectivity index (χ1v) is 13.5. The molecule has 37 heavy (non-hydrogen) atoms. The quantitative estimate of drug-likeness (QED) is 0.278. The molecule has 0 aliphatic rings. The first kappa shape index (κ1) is 27.8. The van der Waals surface area contributed by atoms with Crippen molar-refractivity contribution in [1.82, 2.24) is 9.73 Å². The van der Waals surface area contributed by atoms with Gasteiger partial charge in [-0.2, -0.15) is 9.41 Å². The van der Waals surface area contributed by atoms with E-state index in [-0.39, 0.29) is 23.9 Å². The van der Waals surface area contributed by atoms with Crippen molar-refractivity contribution in [2.24, 2.45) is 5.10 Å². The summed E-state index contributed by atoms with van der Waals surface area (Å²) in [6.45, 7) is 2.94. The van der Waals surface area contributed by atoms with Crippen LogP contribution in [0.3, 0.4) is 0 Å². The molecule has 0 atom stereocenters. The number of hydrogen-bond donors (Lipinski definition) is 2. The van der Waals surface area contributed by atoms with Crippen LogP contribution in [-0.4, -0.2) is 43.3 Å². The second-order valence-electron chi connectivity index (χ2n) is 8.65. The third kappa shape index (κ3) is 8.96. The van der Waals surface area contributed by atoms with Gasteiger partial charge in [0.25, 0.3) is 5.91 Å². The molecule has 0 saturated heterocycles. The molecule has 0 unspecified atom stereocenters. The smallest absolute Gasteiger partial charge is 0.255 e. The highest BCUT2D eigenvalue weighted by Gasteiger charge is 2.26. The van der Waals surface area contributed by atoms with Crippen LogP contribution >= 0.6 is 0 Å². The van der Waals surface area contributed by atoms with Crippen molar-refractivity contribution in [3.05, 3.63) is 96.1 Å². The average Bonchev–Trinajstić information content (AvgIpc) is 2.89. The number of carbonyl (C=O) groups is 2. The van der Waals surface area contributed by atoms with E-state index in [1.165, 1.54) is 36.8 Å². The lowest BCUT2D eigenvalue weighted by molar-refractivity contribution is -0.121. The highest BCUT2D eigenvalue weighted by molar-refractivity contribution is 7.89. The van der Waals surface area contributed by atoms with Crippen LogP contribution in [0.4, 0.5) is 5.69 Å². The molecule has 8 nitrogen and oxygen atoms in total. The molecule has 0 saturated carbocycles. The van der Waals surface area contributed by atoms with Gasteiger partial charge in [0.2, 0.25) is 15.9 Å². The van der Waals surface area contributed by atoms with Gasteiger partial charge in [-0.05, 0) is 61.6 Å². The lowest BCUT2D eigenvalue weighted by atomic mass is 10.1. The Bertz CT molecular complexity index is 1310. The molecule has 3 rings (SSSR count). The van der Waals surface area contributed by atoms with Crippen LogP contribution in [0.2, 0.25) is 0 Å². The summed E-state index contributed by atoms with van der Waals surface area (Å²) in [5.74, 6) is -0.776. The molecule has 194 valence electrons. The van der Waals surface area contributed by atoms with E-state index in [1.807, 2.05) is 67.6 Å². The normalized spacial score (nSPS) is 11.8. The van der Waals surface area contributed by atoms with Crippen molar-refractivity contribution in [2.45, 2.75) is 38.0 Å². The van der Waals surface area contributed by atoms with E-state index in [2.05, 4.69) is 15.8 Å². The van der Waals surface area contributed by atoms with Crippen LogP contribution < -0.4 is 10.7 Å². The summed E-state index contributed by atoms with van der Waals surface area (Å²) < 4.78 is 28.0. The minimum absolute atomic E-state index is 0.0324. The number of hydrogen-bond acceptors (Lipinski definition) is 5. The highest BCUT2D eigenvalue weighted by atomic mass is 32.2. The molecule has 0 aromatic heterocycles. The summed E-state index contributed by atoms with van der Waals surface area (Å²) >= 11 is 0. The Hall–Kier alpha value is -3.82. The van der Waals surface area contributed by atoms with E-state index in [4.69, 9.17) is 0 Å². The van der Waals surface area contributed by atoms with Crippen molar-refractivity contribution < 1.29 is 18.0 Å². The van der Waals surface area contributed by atoms with E-state index in [0.29, 0.717) is 18.5 Å². The molecule has 0 spiro atoms. The van der Waals surface area contributed by atoms with Gasteiger partial charge < -0.3 is 5.32 Å². The highest BCUT2D eigenvalue weighted by Crippen LogP contribution is 2.19. The molecular formula is C28H32N4O4S. The number of benzene rings is 3. The molecule has 2 amide bonds. The summed E-state index contributed by atoms with van der Waals surface area (Å²) in [5, 5.41) is 6.77. The molecule has 3 aromatic carbocycles. The van der Waals surface area contributed by atoms with Gasteiger partial charge in [0.1, 0.15) is 0 Å². The largest absolute Gasteiger partial charge is 0.326 e. The van der Waals surface area contributed by atoms with Crippen molar-refractivity contribution >= 4 is 33.2 Å². The van der Waals surface area contributed by atoms with E-state index < -0.39 is 15.9 Å². The first-order valence-electron chi connectivity index (χ1n) is 12.0. The van der Waals surface area contributed by atoms with Crippen molar-refractivity contribution in [1.29, 1.82) is 0 Å². The number of amides is 2. The monoisotopic (exact) mass is 520 g/mol. The van der Waals surface area contributed by atoms with E-state index in [1.54, 1.807) is 0 Å². The minimum Gasteiger partial charge on any atom is -0.326 e. The number of rotatable bonds is 12. The molecule has 0 heterocycles. The van der Waals surface area contributed by atoms with Gasteiger partial charge in [0.15, 0.2) is 0 Å². The second kappa shape index (κ2) is 13.5. The maximum absolute atomic E-state index is 13.4. The van der Waals surface area contributed by atoms with Crippen molar-refractivity contribution in [3.63, 3.8) is 0 Å². The Labute approximate surface area is 218 Å². The average molecular weight is 521 g/mol. The molecular weight excluding hydrogens is 488 g/mol. The molecule has 0 fully saturated rings. The Morgan fingerprint density at radius 1 is 0.811 bits per heavy atom. The van der Waals surface area contributed by atoms with E-state index in [9.17, 15) is 18.0 Å². The second-order valence-corrected chi connectivity index (χ2v) is 10.6. The third-order valence-corrected chi connectivity index (χ3v) is 7.47. The zero-order valence-electron chi connectivity index (χ0n) is 21.1. The molecule has 0 radical (unpaired) electrons. The van der Waals surface area contributed by atoms with Gasteiger partial charge in [-0.25, -0.2) is 13.8 Å².